The average Bonchev–Trinajstić information content (AvgIpc) is 2.21. The molecule has 15 heavy (non-hydrogen) atoms. The average molecular weight is 210 g/mol. The molecule has 0 amide bonds. The molecule has 0 spiro atoms. The second-order valence-electron chi connectivity index (χ2n) is 3.54. The van der Waals surface area contributed by atoms with Crippen LogP contribution in [0, 0.1) is 0 Å². The van der Waals surface area contributed by atoms with Crippen LogP contribution in [0.1, 0.15) is 33.1 Å². The molecule has 4 N–H and O–H groups in total. The van der Waals surface area contributed by atoms with Gasteiger partial charge in [-0.05, 0) is 26.0 Å². The number of hydrogen-bond donors (Lipinski definition) is 3. The van der Waals surface area contributed by atoms with Gasteiger partial charge < -0.3 is 16.2 Å². The van der Waals surface area contributed by atoms with Crippen molar-refractivity contribution in [3.8, 4) is 0 Å². The normalized spacial score (nSPS) is 12.7. The summed E-state index contributed by atoms with van der Waals surface area (Å²) in [6.45, 7) is 8.05. The van der Waals surface area contributed by atoms with Crippen molar-refractivity contribution in [1.29, 1.82) is 0 Å². The Labute approximate surface area is 92.4 Å². The first-order valence-corrected chi connectivity index (χ1v) is 5.28. The summed E-state index contributed by atoms with van der Waals surface area (Å²) in [7, 11) is 0. The van der Waals surface area contributed by atoms with E-state index in [2.05, 4.69) is 24.9 Å². The lowest BCUT2D eigenvalue weighted by molar-refractivity contribution is 0.391. The van der Waals surface area contributed by atoms with Gasteiger partial charge in [0.15, 0.2) is 0 Å². The van der Waals surface area contributed by atoms with Crippen LogP contribution >= 0.6 is 0 Å². The first kappa shape index (κ1) is 13.8. The van der Waals surface area contributed by atoms with Crippen LogP contribution in [0.25, 0.3) is 0 Å². The predicted molar refractivity (Wildman–Crippen MR) is 65.3 cm³/mol. The highest BCUT2D eigenvalue weighted by molar-refractivity contribution is 5.08. The van der Waals surface area contributed by atoms with Crippen LogP contribution < -0.4 is 11.1 Å². The second kappa shape index (κ2) is 8.12. The number of aliphatic hydroxyl groups excluding tert-OH is 1. The zero-order valence-electron chi connectivity index (χ0n) is 9.71. The quantitative estimate of drug-likeness (QED) is 0.566. The molecule has 0 aromatic heterocycles. The summed E-state index contributed by atoms with van der Waals surface area (Å²) in [6, 6.07) is 0. The van der Waals surface area contributed by atoms with E-state index in [4.69, 9.17) is 10.8 Å². The second-order valence-corrected chi connectivity index (χ2v) is 3.54. The van der Waals surface area contributed by atoms with Crippen molar-refractivity contribution in [2.75, 3.05) is 6.54 Å². The van der Waals surface area contributed by atoms with Gasteiger partial charge in [-0.1, -0.05) is 25.2 Å². The van der Waals surface area contributed by atoms with Crippen molar-refractivity contribution < 1.29 is 5.11 Å². The van der Waals surface area contributed by atoms with Crippen LogP contribution in [0.4, 0.5) is 0 Å². The van der Waals surface area contributed by atoms with Crippen LogP contribution in [0.3, 0.4) is 0 Å². The third-order valence-electron chi connectivity index (χ3n) is 1.98. The molecule has 0 heterocycles. The molecule has 0 aromatic rings. The molecule has 0 aliphatic carbocycles. The van der Waals surface area contributed by atoms with Crippen molar-refractivity contribution in [1.82, 2.24) is 5.32 Å². The molecule has 0 saturated heterocycles. The maximum absolute atomic E-state index is 8.94. The van der Waals surface area contributed by atoms with E-state index in [0.717, 1.165) is 18.5 Å². The van der Waals surface area contributed by atoms with E-state index >= 15 is 0 Å². The molecular formula is C12H22N2O. The standard InChI is InChI=1S/C12H22N2O/c1-4-5-12(8-13)14-9-10(2)6-7-11(3)15/h5,9,14-15H,3-4,6-8,13H2,1-2H3/b10-9+,12-5+. The third-order valence-corrected chi connectivity index (χ3v) is 1.98. The zero-order valence-corrected chi connectivity index (χ0v) is 9.71. The zero-order chi connectivity index (χ0) is 11.7. The van der Waals surface area contributed by atoms with Crippen molar-refractivity contribution in [2.45, 2.75) is 33.1 Å². The molecule has 3 nitrogen and oxygen atoms in total. The Bertz CT molecular complexity index is 254. The van der Waals surface area contributed by atoms with Gasteiger partial charge in [0, 0.05) is 18.7 Å². The van der Waals surface area contributed by atoms with Gasteiger partial charge in [-0.2, -0.15) is 0 Å². The fraction of sp³-hybridized carbons (Fsp3) is 0.500. The molecule has 0 radical (unpaired) electrons. The van der Waals surface area contributed by atoms with Crippen LogP contribution in [0.5, 0.6) is 0 Å². The summed E-state index contributed by atoms with van der Waals surface area (Å²) < 4.78 is 0. The molecule has 0 saturated carbocycles. The Morgan fingerprint density at radius 1 is 1.47 bits per heavy atom. The predicted octanol–water partition coefficient (Wildman–Crippen LogP) is 2.58. The van der Waals surface area contributed by atoms with Gasteiger partial charge in [0.05, 0.1) is 5.76 Å². The summed E-state index contributed by atoms with van der Waals surface area (Å²) in [5.74, 6) is 0.228. The Morgan fingerprint density at radius 2 is 2.13 bits per heavy atom. The summed E-state index contributed by atoms with van der Waals surface area (Å²) in [6.07, 6.45) is 6.39. The first-order chi connectivity index (χ1) is 7.10. The summed E-state index contributed by atoms with van der Waals surface area (Å²) in [4.78, 5) is 0. The fourth-order valence-corrected chi connectivity index (χ4v) is 1.08. The molecule has 0 unspecified atom stereocenters. The van der Waals surface area contributed by atoms with E-state index in [-0.39, 0.29) is 5.76 Å². The Balaban J connectivity index is 4.02. The van der Waals surface area contributed by atoms with Gasteiger partial charge in [-0.15, -0.1) is 0 Å². The molecule has 0 aliphatic heterocycles. The van der Waals surface area contributed by atoms with Crippen molar-refractivity contribution in [2.24, 2.45) is 5.73 Å². The van der Waals surface area contributed by atoms with Gasteiger partial charge in [0.25, 0.3) is 0 Å². The largest absolute Gasteiger partial charge is 0.513 e. The third kappa shape index (κ3) is 7.82. The van der Waals surface area contributed by atoms with E-state index < -0.39 is 0 Å². The van der Waals surface area contributed by atoms with Gasteiger partial charge >= 0.3 is 0 Å². The highest BCUT2D eigenvalue weighted by Gasteiger charge is 1.94. The maximum atomic E-state index is 8.94. The first-order valence-electron chi connectivity index (χ1n) is 5.28. The molecule has 3 heteroatoms. The molecule has 0 atom stereocenters. The number of aliphatic hydroxyl groups is 1. The highest BCUT2D eigenvalue weighted by atomic mass is 16.3. The molecule has 0 aliphatic rings. The Hall–Kier alpha value is -1.22. The minimum absolute atomic E-state index is 0.228. The molecule has 0 fully saturated rings. The maximum Gasteiger partial charge on any atom is 0.0854 e. The van der Waals surface area contributed by atoms with Crippen molar-refractivity contribution in [3.05, 3.63) is 35.9 Å². The SMILES string of the molecule is C=C(O)CC/C(C)=C/N/C(=C/CC)CN. The summed E-state index contributed by atoms with van der Waals surface area (Å²) in [5.41, 5.74) is 7.75. The Morgan fingerprint density at radius 3 is 2.60 bits per heavy atom. The topological polar surface area (TPSA) is 58.3 Å². The smallest absolute Gasteiger partial charge is 0.0854 e. The van der Waals surface area contributed by atoms with Crippen molar-refractivity contribution in [3.63, 3.8) is 0 Å². The van der Waals surface area contributed by atoms with E-state index in [1.54, 1.807) is 0 Å². The lowest BCUT2D eigenvalue weighted by Gasteiger charge is -2.06. The molecule has 0 aromatic carbocycles. The van der Waals surface area contributed by atoms with Crippen molar-refractivity contribution >= 4 is 0 Å². The number of hydrogen-bond acceptors (Lipinski definition) is 3. The molecule has 0 bridgehead atoms. The molecular weight excluding hydrogens is 188 g/mol. The summed E-state index contributed by atoms with van der Waals surface area (Å²) >= 11 is 0. The van der Waals surface area contributed by atoms with Crippen LogP contribution in [-0.4, -0.2) is 11.7 Å². The summed E-state index contributed by atoms with van der Waals surface area (Å²) in [5, 5.41) is 12.1. The molecule has 86 valence electrons. The minimum atomic E-state index is 0.228. The van der Waals surface area contributed by atoms with Gasteiger partial charge in [-0.3, -0.25) is 0 Å². The minimum Gasteiger partial charge on any atom is -0.513 e. The van der Waals surface area contributed by atoms with E-state index in [9.17, 15) is 0 Å². The fourth-order valence-electron chi connectivity index (χ4n) is 1.08. The number of nitrogens with two attached hydrogens (primary N) is 1. The van der Waals surface area contributed by atoms with Gasteiger partial charge in [-0.25, -0.2) is 0 Å². The number of allylic oxidation sites excluding steroid dienone is 3. The van der Waals surface area contributed by atoms with Gasteiger partial charge in [0.1, 0.15) is 0 Å². The monoisotopic (exact) mass is 210 g/mol. The van der Waals surface area contributed by atoms with Crippen LogP contribution in [0.2, 0.25) is 0 Å². The molecule has 0 rings (SSSR count). The highest BCUT2D eigenvalue weighted by Crippen LogP contribution is 2.06. The number of rotatable bonds is 7. The van der Waals surface area contributed by atoms with E-state index in [1.165, 1.54) is 5.57 Å². The van der Waals surface area contributed by atoms with Gasteiger partial charge in [0.2, 0.25) is 0 Å². The number of nitrogens with one attached hydrogen (secondary N) is 1. The van der Waals surface area contributed by atoms with E-state index in [1.807, 2.05) is 13.1 Å². The van der Waals surface area contributed by atoms with E-state index in [0.29, 0.717) is 13.0 Å². The lowest BCUT2D eigenvalue weighted by Crippen LogP contribution is -2.15. The van der Waals surface area contributed by atoms with Crippen LogP contribution in [-0.2, 0) is 0 Å². The Kier molecular flexibility index (Phi) is 7.46. The van der Waals surface area contributed by atoms with Crippen LogP contribution in [0.15, 0.2) is 35.9 Å². The lowest BCUT2D eigenvalue weighted by atomic mass is 10.1.